The Morgan fingerprint density at radius 1 is 0.909 bits per heavy atom. The van der Waals surface area contributed by atoms with Crippen LogP contribution in [0.5, 0.6) is 0 Å². The van der Waals surface area contributed by atoms with Gasteiger partial charge in [-0.25, -0.2) is 4.90 Å². The molecule has 2 heterocycles. The van der Waals surface area contributed by atoms with Gasteiger partial charge in [-0.1, -0.05) is 65.8 Å². The van der Waals surface area contributed by atoms with E-state index in [-0.39, 0.29) is 11.2 Å². The first-order chi connectivity index (χ1) is 15.9. The van der Waals surface area contributed by atoms with E-state index in [4.69, 9.17) is 4.84 Å². The molecule has 0 amide bonds. The first kappa shape index (κ1) is 21.1. The number of non-ortho nitro benzene ring substituents is 1. The lowest BCUT2D eigenvalue weighted by atomic mass is 9.86. The Hall–Kier alpha value is -3.77. The molecule has 0 radical (unpaired) electrons. The lowest BCUT2D eigenvalue weighted by Crippen LogP contribution is -2.57. The molecular weight excluding hydrogens is 414 g/mol. The average Bonchev–Trinajstić information content (AvgIpc) is 3.02. The highest BCUT2D eigenvalue weighted by atomic mass is 16.7. The highest BCUT2D eigenvalue weighted by Crippen LogP contribution is 2.56. The molecule has 33 heavy (non-hydrogen) atoms. The maximum atomic E-state index is 11.1. The Kier molecular flexibility index (Phi) is 4.91. The zero-order valence-corrected chi connectivity index (χ0v) is 18.9. The number of nitro groups is 1. The number of benzene rings is 3. The summed E-state index contributed by atoms with van der Waals surface area (Å²) >= 11 is 0. The molecule has 5 rings (SSSR count). The summed E-state index contributed by atoms with van der Waals surface area (Å²) in [6.07, 6.45) is 0. The van der Waals surface area contributed by atoms with Crippen LogP contribution in [-0.2, 0) is 10.6 Å². The van der Waals surface area contributed by atoms with E-state index in [2.05, 4.69) is 67.2 Å². The van der Waals surface area contributed by atoms with Gasteiger partial charge in [0, 0.05) is 35.3 Å². The highest BCUT2D eigenvalue weighted by molar-refractivity contribution is 6.03. The summed E-state index contributed by atoms with van der Waals surface area (Å²) in [6.45, 7) is 7.09. The van der Waals surface area contributed by atoms with Crippen molar-refractivity contribution in [2.75, 3.05) is 6.54 Å². The Morgan fingerprint density at radius 3 is 2.12 bits per heavy atom. The molecule has 6 nitrogen and oxygen atoms in total. The van der Waals surface area contributed by atoms with Crippen molar-refractivity contribution in [1.29, 1.82) is 0 Å². The van der Waals surface area contributed by atoms with E-state index in [0.29, 0.717) is 6.54 Å². The summed E-state index contributed by atoms with van der Waals surface area (Å²) in [6, 6.07) is 27.1. The van der Waals surface area contributed by atoms with E-state index < -0.39 is 10.6 Å². The van der Waals surface area contributed by atoms with Crippen LogP contribution in [0.15, 0.2) is 95.7 Å². The molecule has 3 aromatic rings. The second-order valence-electron chi connectivity index (χ2n) is 8.95. The van der Waals surface area contributed by atoms with E-state index in [9.17, 15) is 10.1 Å². The number of rotatable bonds is 4. The number of nitrogens with zero attached hydrogens (tertiary/aromatic N) is 3. The normalized spacial score (nSPS) is 21.8. The largest absolute Gasteiger partial charge is 0.363 e. The van der Waals surface area contributed by atoms with Crippen LogP contribution in [0, 0.1) is 10.1 Å². The monoisotopic (exact) mass is 439 g/mol. The van der Waals surface area contributed by atoms with Crippen LogP contribution < -0.4 is 0 Å². The molecule has 1 atom stereocenters. The van der Waals surface area contributed by atoms with Crippen molar-refractivity contribution in [3.8, 4) is 0 Å². The number of oxime groups is 1. The van der Waals surface area contributed by atoms with Crippen molar-refractivity contribution in [3.05, 3.63) is 117 Å². The quantitative estimate of drug-likeness (QED) is 0.383. The molecule has 0 saturated carbocycles. The van der Waals surface area contributed by atoms with Crippen LogP contribution in [-0.4, -0.2) is 27.6 Å². The zero-order chi connectivity index (χ0) is 23.2. The lowest BCUT2D eigenvalue weighted by Gasteiger charge is -2.46. The van der Waals surface area contributed by atoms with Gasteiger partial charge in [-0.3, -0.25) is 10.1 Å². The first-order valence-corrected chi connectivity index (χ1v) is 11.0. The molecule has 2 aliphatic rings. The number of hydrogen-bond acceptors (Lipinski definition) is 5. The van der Waals surface area contributed by atoms with E-state index in [0.717, 1.165) is 28.0 Å². The number of fused-ring (bicyclic) bond motifs is 1. The van der Waals surface area contributed by atoms with Gasteiger partial charge in [0.25, 0.3) is 5.69 Å². The van der Waals surface area contributed by atoms with Crippen LogP contribution in [0.2, 0.25) is 0 Å². The van der Waals surface area contributed by atoms with Crippen molar-refractivity contribution in [3.63, 3.8) is 0 Å². The van der Waals surface area contributed by atoms with Crippen LogP contribution in [0.3, 0.4) is 0 Å². The third-order valence-corrected chi connectivity index (χ3v) is 6.78. The maximum absolute atomic E-state index is 11.1. The zero-order valence-electron chi connectivity index (χ0n) is 18.9. The van der Waals surface area contributed by atoms with Gasteiger partial charge in [0.1, 0.15) is 5.71 Å². The van der Waals surface area contributed by atoms with Crippen LogP contribution in [0.25, 0.3) is 5.57 Å². The molecule has 2 aliphatic heterocycles. The molecule has 0 saturated heterocycles. The molecular formula is C27H25N3O3. The molecule has 0 aromatic heterocycles. The Bertz CT molecular complexity index is 1260. The first-order valence-electron chi connectivity index (χ1n) is 11.0. The molecule has 1 unspecified atom stereocenters. The standard InChI is InChI=1S/C27H25N3O3/c1-19-25(21-10-6-4-7-11-21)26(2,3)29-18-24(20-14-16-23(17-15-20)30(31)32)28-33-27(19,29)22-12-8-5-9-13-22/h4-17H,18H2,1-3H3. The smallest absolute Gasteiger partial charge is 0.269 e. The fourth-order valence-corrected chi connectivity index (χ4v) is 5.27. The summed E-state index contributed by atoms with van der Waals surface area (Å²) in [7, 11) is 0. The van der Waals surface area contributed by atoms with E-state index >= 15 is 0 Å². The van der Waals surface area contributed by atoms with E-state index in [1.54, 1.807) is 12.1 Å². The predicted molar refractivity (Wildman–Crippen MR) is 129 cm³/mol. The maximum Gasteiger partial charge on any atom is 0.269 e. The fraction of sp³-hybridized carbons (Fsp3) is 0.222. The highest BCUT2D eigenvalue weighted by Gasteiger charge is 2.59. The molecule has 0 spiro atoms. The Labute approximate surface area is 193 Å². The molecule has 0 bridgehead atoms. The Balaban J connectivity index is 1.65. The van der Waals surface area contributed by atoms with Crippen LogP contribution in [0.4, 0.5) is 5.69 Å². The van der Waals surface area contributed by atoms with Gasteiger partial charge in [-0.2, -0.15) is 0 Å². The SMILES string of the molecule is CC1=C(c2ccccc2)C(C)(C)N2CC(c3ccc([N+](=O)[O-])cc3)=NOC12c1ccccc1. The molecule has 3 aromatic carbocycles. The van der Waals surface area contributed by atoms with Gasteiger partial charge >= 0.3 is 0 Å². The summed E-state index contributed by atoms with van der Waals surface area (Å²) in [4.78, 5) is 19.5. The van der Waals surface area contributed by atoms with Gasteiger partial charge < -0.3 is 4.84 Å². The predicted octanol–water partition coefficient (Wildman–Crippen LogP) is 5.75. The summed E-state index contributed by atoms with van der Waals surface area (Å²) in [5, 5.41) is 15.6. The van der Waals surface area contributed by atoms with Crippen LogP contribution >= 0.6 is 0 Å². The average molecular weight is 440 g/mol. The van der Waals surface area contributed by atoms with Gasteiger partial charge in [0.2, 0.25) is 5.72 Å². The van der Waals surface area contributed by atoms with Crippen molar-refractivity contribution in [1.82, 2.24) is 4.90 Å². The molecule has 0 fully saturated rings. The van der Waals surface area contributed by atoms with Gasteiger partial charge in [0.05, 0.1) is 4.92 Å². The van der Waals surface area contributed by atoms with Gasteiger partial charge in [0.15, 0.2) is 0 Å². The number of hydrogen-bond donors (Lipinski definition) is 0. The van der Waals surface area contributed by atoms with Crippen LogP contribution in [0.1, 0.15) is 37.5 Å². The van der Waals surface area contributed by atoms with Crippen molar-refractivity contribution < 1.29 is 9.76 Å². The summed E-state index contributed by atoms with van der Waals surface area (Å²) < 4.78 is 0. The topological polar surface area (TPSA) is 68.0 Å². The minimum absolute atomic E-state index is 0.0556. The van der Waals surface area contributed by atoms with Gasteiger partial charge in [-0.15, -0.1) is 0 Å². The second-order valence-corrected chi connectivity index (χ2v) is 8.95. The summed E-state index contributed by atoms with van der Waals surface area (Å²) in [5.41, 5.74) is 4.92. The van der Waals surface area contributed by atoms with Gasteiger partial charge in [-0.05, 0) is 49.6 Å². The van der Waals surface area contributed by atoms with Crippen molar-refractivity contribution >= 4 is 17.0 Å². The molecule has 6 heteroatoms. The van der Waals surface area contributed by atoms with E-state index in [1.807, 2.05) is 24.3 Å². The molecule has 0 N–H and O–H groups in total. The summed E-state index contributed by atoms with van der Waals surface area (Å²) in [5.74, 6) is 0. The number of nitro benzene ring substituents is 1. The van der Waals surface area contributed by atoms with Crippen molar-refractivity contribution in [2.24, 2.45) is 5.16 Å². The minimum Gasteiger partial charge on any atom is -0.363 e. The molecule has 166 valence electrons. The molecule has 0 aliphatic carbocycles. The van der Waals surface area contributed by atoms with Crippen molar-refractivity contribution in [2.45, 2.75) is 32.0 Å². The third-order valence-electron chi connectivity index (χ3n) is 6.78. The lowest BCUT2D eigenvalue weighted by molar-refractivity contribution is -0.384. The van der Waals surface area contributed by atoms with E-state index in [1.165, 1.54) is 17.7 Å². The minimum atomic E-state index is -0.833. The third kappa shape index (κ3) is 3.17. The second kappa shape index (κ2) is 7.67. The fourth-order valence-electron chi connectivity index (χ4n) is 5.27. The Morgan fingerprint density at radius 2 is 1.52 bits per heavy atom.